The van der Waals surface area contributed by atoms with Crippen molar-refractivity contribution >= 4 is 11.7 Å². The van der Waals surface area contributed by atoms with Gasteiger partial charge >= 0.3 is 0 Å². The maximum atomic E-state index is 11.8. The van der Waals surface area contributed by atoms with Crippen molar-refractivity contribution in [3.05, 3.63) is 53.7 Å². The highest BCUT2D eigenvalue weighted by Gasteiger charge is 2.05. The summed E-state index contributed by atoms with van der Waals surface area (Å²) in [7, 11) is 0. The van der Waals surface area contributed by atoms with E-state index < -0.39 is 0 Å². The van der Waals surface area contributed by atoms with Crippen LogP contribution in [-0.2, 0) is 4.79 Å². The molecule has 2 rings (SSSR count). The maximum absolute atomic E-state index is 11.8. The number of hydrogen-bond donors (Lipinski definition) is 1. The first-order valence-electron chi connectivity index (χ1n) is 7.06. The average Bonchev–Trinajstić information content (AvgIpc) is 2.48. The fourth-order valence-electron chi connectivity index (χ4n) is 1.94. The van der Waals surface area contributed by atoms with Gasteiger partial charge in [0.05, 0.1) is 6.61 Å². The van der Waals surface area contributed by atoms with Crippen LogP contribution in [0.5, 0.6) is 5.75 Å². The summed E-state index contributed by atoms with van der Waals surface area (Å²) in [6, 6.07) is 11.6. The molecule has 1 N–H and O–H groups in total. The lowest BCUT2D eigenvalue weighted by Gasteiger charge is -2.09. The second-order valence-electron chi connectivity index (χ2n) is 4.93. The average molecular weight is 284 g/mol. The number of aromatic nitrogens is 1. The van der Waals surface area contributed by atoms with Crippen molar-refractivity contribution in [2.24, 2.45) is 0 Å². The number of para-hydroxylation sites is 1. The third-order valence-electron chi connectivity index (χ3n) is 3.17. The Bertz CT molecular complexity index is 611. The summed E-state index contributed by atoms with van der Waals surface area (Å²) in [5.41, 5.74) is 2.06. The van der Waals surface area contributed by atoms with Gasteiger partial charge in [0.15, 0.2) is 0 Å². The Hall–Kier alpha value is -2.36. The Labute approximate surface area is 125 Å². The van der Waals surface area contributed by atoms with Crippen molar-refractivity contribution in [1.29, 1.82) is 0 Å². The molecular weight excluding hydrogens is 264 g/mol. The van der Waals surface area contributed by atoms with E-state index in [1.807, 2.05) is 50.2 Å². The highest BCUT2D eigenvalue weighted by atomic mass is 16.5. The van der Waals surface area contributed by atoms with E-state index in [1.165, 1.54) is 0 Å². The Morgan fingerprint density at radius 2 is 1.90 bits per heavy atom. The van der Waals surface area contributed by atoms with E-state index in [0.29, 0.717) is 25.3 Å². The number of hydrogen-bond acceptors (Lipinski definition) is 3. The molecule has 1 aromatic carbocycles. The van der Waals surface area contributed by atoms with Gasteiger partial charge in [-0.3, -0.25) is 4.79 Å². The fraction of sp³-hybridized carbons (Fsp3) is 0.294. The lowest BCUT2D eigenvalue weighted by atomic mass is 10.2. The lowest BCUT2D eigenvalue weighted by molar-refractivity contribution is -0.116. The van der Waals surface area contributed by atoms with Crippen LogP contribution in [0.15, 0.2) is 42.6 Å². The van der Waals surface area contributed by atoms with Gasteiger partial charge in [-0.25, -0.2) is 4.98 Å². The molecular formula is C17H20N2O2. The van der Waals surface area contributed by atoms with Crippen LogP contribution in [0.3, 0.4) is 0 Å². The van der Waals surface area contributed by atoms with Crippen LogP contribution in [-0.4, -0.2) is 17.5 Å². The van der Waals surface area contributed by atoms with Crippen molar-refractivity contribution in [2.75, 3.05) is 11.9 Å². The van der Waals surface area contributed by atoms with E-state index >= 15 is 0 Å². The first-order chi connectivity index (χ1) is 10.2. The standard InChI is InChI=1S/C17H20N2O2/c1-13-7-3-4-9-15(13)21-12-6-10-16(20)19-17-14(2)8-5-11-18-17/h3-5,7-9,11H,6,10,12H2,1-2H3,(H,18,19,20). The Morgan fingerprint density at radius 1 is 1.14 bits per heavy atom. The van der Waals surface area contributed by atoms with Gasteiger partial charge in [0.2, 0.25) is 5.91 Å². The summed E-state index contributed by atoms with van der Waals surface area (Å²) < 4.78 is 5.67. The second-order valence-corrected chi connectivity index (χ2v) is 4.93. The van der Waals surface area contributed by atoms with E-state index in [-0.39, 0.29) is 5.91 Å². The predicted octanol–water partition coefficient (Wildman–Crippen LogP) is 3.50. The molecule has 21 heavy (non-hydrogen) atoms. The van der Waals surface area contributed by atoms with Gasteiger partial charge in [0.1, 0.15) is 11.6 Å². The molecule has 1 amide bonds. The first kappa shape index (κ1) is 15.0. The number of benzene rings is 1. The van der Waals surface area contributed by atoms with Gasteiger partial charge in [-0.2, -0.15) is 0 Å². The summed E-state index contributed by atoms with van der Waals surface area (Å²) >= 11 is 0. The van der Waals surface area contributed by atoms with Crippen molar-refractivity contribution in [1.82, 2.24) is 4.98 Å². The van der Waals surface area contributed by atoms with Crippen molar-refractivity contribution < 1.29 is 9.53 Å². The molecule has 1 aromatic heterocycles. The second kappa shape index (κ2) is 7.43. The summed E-state index contributed by atoms with van der Waals surface area (Å²) in [4.78, 5) is 16.0. The molecule has 2 aromatic rings. The third-order valence-corrected chi connectivity index (χ3v) is 3.17. The molecule has 0 saturated carbocycles. The van der Waals surface area contributed by atoms with E-state index in [4.69, 9.17) is 4.74 Å². The van der Waals surface area contributed by atoms with Crippen LogP contribution < -0.4 is 10.1 Å². The zero-order valence-electron chi connectivity index (χ0n) is 12.4. The van der Waals surface area contributed by atoms with Gasteiger partial charge in [-0.15, -0.1) is 0 Å². The van der Waals surface area contributed by atoms with Crippen molar-refractivity contribution in [3.63, 3.8) is 0 Å². The number of ether oxygens (including phenoxy) is 1. The summed E-state index contributed by atoms with van der Waals surface area (Å²) in [6.45, 7) is 4.45. The monoisotopic (exact) mass is 284 g/mol. The molecule has 0 fully saturated rings. The van der Waals surface area contributed by atoms with E-state index in [2.05, 4.69) is 10.3 Å². The zero-order chi connectivity index (χ0) is 15.1. The molecule has 0 spiro atoms. The minimum absolute atomic E-state index is 0.0369. The van der Waals surface area contributed by atoms with Crippen LogP contribution in [0, 0.1) is 13.8 Å². The topological polar surface area (TPSA) is 51.2 Å². The fourth-order valence-corrected chi connectivity index (χ4v) is 1.94. The molecule has 4 nitrogen and oxygen atoms in total. The van der Waals surface area contributed by atoms with Crippen molar-refractivity contribution in [3.8, 4) is 5.75 Å². The lowest BCUT2D eigenvalue weighted by Crippen LogP contribution is -2.14. The molecule has 0 aliphatic heterocycles. The Morgan fingerprint density at radius 3 is 2.67 bits per heavy atom. The molecule has 1 heterocycles. The molecule has 0 saturated heterocycles. The van der Waals surface area contributed by atoms with E-state index in [9.17, 15) is 4.79 Å². The van der Waals surface area contributed by atoms with Gasteiger partial charge in [-0.05, 0) is 43.5 Å². The van der Waals surface area contributed by atoms with Gasteiger partial charge in [-0.1, -0.05) is 24.3 Å². The number of aryl methyl sites for hydroxylation is 2. The quantitative estimate of drug-likeness (QED) is 0.826. The number of nitrogens with zero attached hydrogens (tertiary/aromatic N) is 1. The first-order valence-corrected chi connectivity index (χ1v) is 7.06. The molecule has 0 radical (unpaired) electrons. The van der Waals surface area contributed by atoms with E-state index in [0.717, 1.165) is 16.9 Å². The number of carbonyl (C=O) groups excluding carboxylic acids is 1. The number of amides is 1. The minimum atomic E-state index is -0.0369. The number of nitrogens with one attached hydrogen (secondary N) is 1. The normalized spacial score (nSPS) is 10.2. The highest BCUT2D eigenvalue weighted by molar-refractivity contribution is 5.90. The smallest absolute Gasteiger partial charge is 0.225 e. The van der Waals surface area contributed by atoms with Crippen LogP contribution >= 0.6 is 0 Å². The molecule has 4 heteroatoms. The van der Waals surface area contributed by atoms with E-state index in [1.54, 1.807) is 6.20 Å². The van der Waals surface area contributed by atoms with Gasteiger partial charge in [0, 0.05) is 12.6 Å². The predicted molar refractivity (Wildman–Crippen MR) is 83.5 cm³/mol. The zero-order valence-corrected chi connectivity index (χ0v) is 12.4. The maximum Gasteiger partial charge on any atom is 0.225 e. The highest BCUT2D eigenvalue weighted by Crippen LogP contribution is 2.16. The van der Waals surface area contributed by atoms with Crippen LogP contribution in [0.25, 0.3) is 0 Å². The minimum Gasteiger partial charge on any atom is -0.493 e. The summed E-state index contributed by atoms with van der Waals surface area (Å²) in [6.07, 6.45) is 2.76. The number of anilines is 1. The number of pyridine rings is 1. The van der Waals surface area contributed by atoms with Gasteiger partial charge in [0.25, 0.3) is 0 Å². The molecule has 0 atom stereocenters. The van der Waals surface area contributed by atoms with Crippen molar-refractivity contribution in [2.45, 2.75) is 26.7 Å². The largest absolute Gasteiger partial charge is 0.493 e. The molecule has 0 aliphatic carbocycles. The molecule has 0 aliphatic rings. The number of carbonyl (C=O) groups is 1. The van der Waals surface area contributed by atoms with Crippen LogP contribution in [0.2, 0.25) is 0 Å². The van der Waals surface area contributed by atoms with Crippen LogP contribution in [0.4, 0.5) is 5.82 Å². The van der Waals surface area contributed by atoms with Crippen LogP contribution in [0.1, 0.15) is 24.0 Å². The van der Waals surface area contributed by atoms with Gasteiger partial charge < -0.3 is 10.1 Å². The Kier molecular flexibility index (Phi) is 5.32. The summed E-state index contributed by atoms with van der Waals surface area (Å²) in [5.74, 6) is 1.46. The third kappa shape index (κ3) is 4.60. The SMILES string of the molecule is Cc1ccccc1OCCCC(=O)Nc1ncccc1C. The number of rotatable bonds is 6. The molecule has 0 unspecified atom stereocenters. The summed E-state index contributed by atoms with van der Waals surface area (Å²) in [5, 5.41) is 2.81. The molecule has 0 bridgehead atoms. The molecule has 110 valence electrons. The Balaban J connectivity index is 1.73.